The van der Waals surface area contributed by atoms with Gasteiger partial charge in [-0.05, 0) is 6.92 Å². The van der Waals surface area contributed by atoms with Crippen molar-refractivity contribution in [2.45, 2.75) is 13.3 Å². The van der Waals surface area contributed by atoms with E-state index in [1.807, 2.05) is 0 Å². The Morgan fingerprint density at radius 1 is 1.59 bits per heavy atom. The van der Waals surface area contributed by atoms with Gasteiger partial charge in [-0.2, -0.15) is 4.37 Å². The predicted molar refractivity (Wildman–Crippen MR) is 64.7 cm³/mol. The van der Waals surface area contributed by atoms with Crippen LogP contribution in [0.3, 0.4) is 0 Å². The third-order valence-electron chi connectivity index (χ3n) is 2.39. The highest BCUT2D eigenvalue weighted by Crippen LogP contribution is 2.27. The molecule has 6 nitrogen and oxygen atoms in total. The molecule has 0 saturated carbocycles. The summed E-state index contributed by atoms with van der Waals surface area (Å²) in [5.74, 6) is 0.0149. The Kier molecular flexibility index (Phi) is 3.37. The van der Waals surface area contributed by atoms with Crippen molar-refractivity contribution in [1.82, 2.24) is 9.36 Å². The zero-order valence-electron chi connectivity index (χ0n) is 8.96. The number of amides is 1. The minimum Gasteiger partial charge on any atom is -0.287 e. The lowest BCUT2D eigenvalue weighted by atomic mass is 10.1. The molecule has 1 fully saturated rings. The van der Waals surface area contributed by atoms with E-state index in [4.69, 9.17) is 10.7 Å². The number of carbonyl (C=O) groups is 1. The van der Waals surface area contributed by atoms with Crippen LogP contribution < -0.4 is 4.90 Å². The van der Waals surface area contributed by atoms with Crippen molar-refractivity contribution in [3.63, 3.8) is 0 Å². The van der Waals surface area contributed by atoms with Crippen LogP contribution in [0.15, 0.2) is 0 Å². The second-order valence-electron chi connectivity index (χ2n) is 3.90. The SMILES string of the molecule is Cc1nsc(N2CC(CS(=O)(=O)Cl)CC2=O)n1. The first-order chi connectivity index (χ1) is 7.85. The first kappa shape index (κ1) is 12.7. The summed E-state index contributed by atoms with van der Waals surface area (Å²) in [5.41, 5.74) is 0. The lowest BCUT2D eigenvalue weighted by Crippen LogP contribution is -2.25. The van der Waals surface area contributed by atoms with Gasteiger partial charge in [-0.1, -0.05) is 0 Å². The zero-order valence-corrected chi connectivity index (χ0v) is 11.3. The summed E-state index contributed by atoms with van der Waals surface area (Å²) in [6.07, 6.45) is 0.185. The van der Waals surface area contributed by atoms with E-state index in [0.717, 1.165) is 11.5 Å². The molecule has 0 aromatic carbocycles. The second-order valence-corrected chi connectivity index (χ2v) is 7.46. The fourth-order valence-electron chi connectivity index (χ4n) is 1.76. The largest absolute Gasteiger partial charge is 0.287 e. The van der Waals surface area contributed by atoms with Gasteiger partial charge >= 0.3 is 0 Å². The number of aryl methyl sites for hydroxylation is 1. The maximum atomic E-state index is 11.7. The highest BCUT2D eigenvalue weighted by molar-refractivity contribution is 8.13. The number of anilines is 1. The number of hydrogen-bond donors (Lipinski definition) is 0. The van der Waals surface area contributed by atoms with Crippen LogP contribution in [0.4, 0.5) is 5.13 Å². The highest BCUT2D eigenvalue weighted by Gasteiger charge is 2.34. The fraction of sp³-hybridized carbons (Fsp3) is 0.625. The van der Waals surface area contributed by atoms with Crippen LogP contribution in [-0.4, -0.2) is 36.0 Å². The molecule has 1 unspecified atom stereocenters. The van der Waals surface area contributed by atoms with Crippen molar-refractivity contribution >= 4 is 42.3 Å². The van der Waals surface area contributed by atoms with E-state index in [-0.39, 0.29) is 24.0 Å². The van der Waals surface area contributed by atoms with Gasteiger partial charge in [0.15, 0.2) is 0 Å². The molecule has 1 saturated heterocycles. The van der Waals surface area contributed by atoms with Crippen LogP contribution in [0.1, 0.15) is 12.2 Å². The Hall–Kier alpha value is -0.730. The second kappa shape index (κ2) is 4.51. The third kappa shape index (κ3) is 3.14. The molecule has 9 heteroatoms. The summed E-state index contributed by atoms with van der Waals surface area (Å²) in [6.45, 7) is 2.07. The van der Waals surface area contributed by atoms with E-state index >= 15 is 0 Å². The van der Waals surface area contributed by atoms with Gasteiger partial charge in [-0.3, -0.25) is 9.69 Å². The zero-order chi connectivity index (χ0) is 12.6. The number of carbonyl (C=O) groups excluding carboxylic acids is 1. The Morgan fingerprint density at radius 3 is 2.82 bits per heavy atom. The number of halogens is 1. The van der Waals surface area contributed by atoms with E-state index in [9.17, 15) is 13.2 Å². The molecule has 1 aliphatic rings. The van der Waals surface area contributed by atoms with Crippen molar-refractivity contribution in [2.75, 3.05) is 17.2 Å². The van der Waals surface area contributed by atoms with Gasteiger partial charge in [-0.15, -0.1) is 0 Å². The number of rotatable bonds is 3. The van der Waals surface area contributed by atoms with E-state index in [1.54, 1.807) is 6.92 Å². The predicted octanol–water partition coefficient (Wildman–Crippen LogP) is 0.768. The first-order valence-electron chi connectivity index (χ1n) is 4.88. The molecule has 0 bridgehead atoms. The van der Waals surface area contributed by atoms with Crippen molar-refractivity contribution in [2.24, 2.45) is 5.92 Å². The Labute approximate surface area is 107 Å². The first-order valence-corrected chi connectivity index (χ1v) is 8.13. The van der Waals surface area contributed by atoms with Crippen LogP contribution >= 0.6 is 22.2 Å². The van der Waals surface area contributed by atoms with Gasteiger partial charge in [0.25, 0.3) is 0 Å². The van der Waals surface area contributed by atoms with Crippen molar-refractivity contribution in [3.05, 3.63) is 5.82 Å². The van der Waals surface area contributed by atoms with Crippen LogP contribution in [0.2, 0.25) is 0 Å². The van der Waals surface area contributed by atoms with Crippen molar-refractivity contribution < 1.29 is 13.2 Å². The van der Waals surface area contributed by atoms with Crippen molar-refractivity contribution in [3.8, 4) is 0 Å². The van der Waals surface area contributed by atoms with Crippen LogP contribution in [0.25, 0.3) is 0 Å². The van der Waals surface area contributed by atoms with Gasteiger partial charge < -0.3 is 0 Å². The molecular weight excluding hydrogens is 286 g/mol. The van der Waals surface area contributed by atoms with Gasteiger partial charge in [-0.25, -0.2) is 13.4 Å². The molecule has 0 N–H and O–H groups in total. The highest BCUT2D eigenvalue weighted by atomic mass is 35.7. The van der Waals surface area contributed by atoms with E-state index in [2.05, 4.69) is 9.36 Å². The lowest BCUT2D eigenvalue weighted by molar-refractivity contribution is -0.117. The average Bonchev–Trinajstić information content (AvgIpc) is 2.70. The third-order valence-corrected chi connectivity index (χ3v) is 4.47. The molecule has 0 aliphatic carbocycles. The molecule has 1 amide bonds. The fourth-order valence-corrected chi connectivity index (χ4v) is 3.78. The molecule has 1 aliphatic heterocycles. The van der Waals surface area contributed by atoms with Gasteiger partial charge in [0, 0.05) is 41.1 Å². The quantitative estimate of drug-likeness (QED) is 0.769. The van der Waals surface area contributed by atoms with Crippen molar-refractivity contribution in [1.29, 1.82) is 0 Å². The summed E-state index contributed by atoms with van der Waals surface area (Å²) in [6, 6.07) is 0. The summed E-state index contributed by atoms with van der Waals surface area (Å²) in [7, 11) is 1.61. The van der Waals surface area contributed by atoms with E-state index in [0.29, 0.717) is 17.5 Å². The number of nitrogens with zero attached hydrogens (tertiary/aromatic N) is 3. The topological polar surface area (TPSA) is 80.2 Å². The average molecular weight is 296 g/mol. The molecule has 2 rings (SSSR count). The normalized spacial score (nSPS) is 21.2. The summed E-state index contributed by atoms with van der Waals surface area (Å²) >= 11 is 1.13. The molecular formula is C8H10ClN3O3S2. The Morgan fingerprint density at radius 2 is 2.29 bits per heavy atom. The van der Waals surface area contributed by atoms with E-state index in [1.165, 1.54) is 4.90 Å². The minimum atomic E-state index is -3.57. The molecule has 1 aromatic rings. The molecule has 2 heterocycles. The molecule has 1 aromatic heterocycles. The monoisotopic (exact) mass is 295 g/mol. The Bertz CT molecular complexity index is 542. The van der Waals surface area contributed by atoms with Crippen LogP contribution in [0, 0.1) is 12.8 Å². The van der Waals surface area contributed by atoms with Gasteiger partial charge in [0.2, 0.25) is 20.1 Å². The summed E-state index contributed by atoms with van der Waals surface area (Å²) in [5, 5.41) is 0.516. The summed E-state index contributed by atoms with van der Waals surface area (Å²) < 4.78 is 25.9. The molecule has 0 radical (unpaired) electrons. The van der Waals surface area contributed by atoms with E-state index < -0.39 is 9.05 Å². The Balaban J connectivity index is 2.10. The molecule has 1 atom stereocenters. The summed E-state index contributed by atoms with van der Waals surface area (Å²) in [4.78, 5) is 17.3. The van der Waals surface area contributed by atoms with Crippen LogP contribution in [-0.2, 0) is 13.8 Å². The maximum absolute atomic E-state index is 11.7. The standard InChI is InChI=1S/C8H10ClN3O3S2/c1-5-10-8(16-11-5)12-3-6(2-7(12)13)4-17(9,14)15/h6H,2-4H2,1H3. The van der Waals surface area contributed by atoms with Gasteiger partial charge in [0.05, 0.1) is 5.75 Å². The number of aromatic nitrogens is 2. The van der Waals surface area contributed by atoms with Crippen LogP contribution in [0.5, 0.6) is 0 Å². The molecule has 0 spiro atoms. The lowest BCUT2D eigenvalue weighted by Gasteiger charge is -2.11. The van der Waals surface area contributed by atoms with Gasteiger partial charge in [0.1, 0.15) is 5.82 Å². The smallest absolute Gasteiger partial charge is 0.232 e. The number of hydrogen-bond acceptors (Lipinski definition) is 6. The maximum Gasteiger partial charge on any atom is 0.232 e. The molecule has 94 valence electrons. The minimum absolute atomic E-state index is 0.133. The molecule has 17 heavy (non-hydrogen) atoms.